The van der Waals surface area contributed by atoms with E-state index < -0.39 is 5.41 Å². The molecule has 0 amide bonds. The monoisotopic (exact) mass is 203 g/mol. The zero-order chi connectivity index (χ0) is 10.6. The number of aliphatic hydroxyl groups excluding tert-OH is 3. The number of hydrogen-bond donors (Lipinski definition) is 3. The standard InChI is InChI=1S/C10H21NO3/c1-10(7-13,8-14)6-11-3-2-9(4-11)5-12/h9,12-14H,2-8H2,1H3. The van der Waals surface area contributed by atoms with Crippen LogP contribution in [0, 0.1) is 11.3 Å². The minimum Gasteiger partial charge on any atom is -0.396 e. The van der Waals surface area contributed by atoms with Crippen LogP contribution in [-0.2, 0) is 0 Å². The number of likely N-dealkylation sites (tertiary alicyclic amines) is 1. The van der Waals surface area contributed by atoms with Crippen molar-refractivity contribution in [1.29, 1.82) is 0 Å². The summed E-state index contributed by atoms with van der Waals surface area (Å²) in [4.78, 5) is 2.20. The molecule has 1 aliphatic heterocycles. The van der Waals surface area contributed by atoms with Gasteiger partial charge in [-0.05, 0) is 18.9 Å². The smallest absolute Gasteiger partial charge is 0.0519 e. The first-order valence-electron chi connectivity index (χ1n) is 5.18. The van der Waals surface area contributed by atoms with Gasteiger partial charge in [0, 0.05) is 25.1 Å². The Balaban J connectivity index is 2.37. The van der Waals surface area contributed by atoms with Gasteiger partial charge in [0.25, 0.3) is 0 Å². The lowest BCUT2D eigenvalue weighted by Gasteiger charge is -2.30. The highest BCUT2D eigenvalue weighted by molar-refractivity contribution is 4.82. The predicted octanol–water partition coefficient (Wildman–Crippen LogP) is -0.708. The van der Waals surface area contributed by atoms with Crippen LogP contribution in [0.25, 0.3) is 0 Å². The fourth-order valence-electron chi connectivity index (χ4n) is 1.90. The largest absolute Gasteiger partial charge is 0.396 e. The summed E-state index contributed by atoms with van der Waals surface area (Å²) in [6, 6.07) is 0. The van der Waals surface area contributed by atoms with Crippen molar-refractivity contribution in [1.82, 2.24) is 4.90 Å². The molecule has 3 N–H and O–H groups in total. The van der Waals surface area contributed by atoms with E-state index in [9.17, 15) is 0 Å². The molecule has 1 heterocycles. The van der Waals surface area contributed by atoms with E-state index in [4.69, 9.17) is 15.3 Å². The molecule has 1 unspecified atom stereocenters. The minimum atomic E-state index is -0.412. The van der Waals surface area contributed by atoms with E-state index in [-0.39, 0.29) is 19.8 Å². The van der Waals surface area contributed by atoms with E-state index >= 15 is 0 Å². The van der Waals surface area contributed by atoms with Crippen LogP contribution in [0.1, 0.15) is 13.3 Å². The summed E-state index contributed by atoms with van der Waals surface area (Å²) in [5.74, 6) is 0.372. The lowest BCUT2D eigenvalue weighted by Crippen LogP contribution is -2.39. The molecule has 0 bridgehead atoms. The summed E-state index contributed by atoms with van der Waals surface area (Å²) in [5.41, 5.74) is -0.412. The second-order valence-electron chi connectivity index (χ2n) is 4.70. The maximum absolute atomic E-state index is 9.13. The van der Waals surface area contributed by atoms with Crippen molar-refractivity contribution in [3.05, 3.63) is 0 Å². The second-order valence-corrected chi connectivity index (χ2v) is 4.70. The lowest BCUT2D eigenvalue weighted by molar-refractivity contribution is 0.0398. The van der Waals surface area contributed by atoms with Gasteiger partial charge in [-0.25, -0.2) is 0 Å². The summed E-state index contributed by atoms with van der Waals surface area (Å²) in [7, 11) is 0. The van der Waals surface area contributed by atoms with Crippen molar-refractivity contribution in [3.8, 4) is 0 Å². The molecule has 0 spiro atoms. The van der Waals surface area contributed by atoms with E-state index in [1.54, 1.807) is 0 Å². The molecule has 84 valence electrons. The molecular formula is C10H21NO3. The van der Waals surface area contributed by atoms with Crippen LogP contribution in [-0.4, -0.2) is 59.7 Å². The molecule has 0 aromatic rings. The van der Waals surface area contributed by atoms with Crippen LogP contribution in [0.3, 0.4) is 0 Å². The topological polar surface area (TPSA) is 63.9 Å². The molecule has 14 heavy (non-hydrogen) atoms. The van der Waals surface area contributed by atoms with Gasteiger partial charge in [-0.3, -0.25) is 0 Å². The molecule has 4 heteroatoms. The van der Waals surface area contributed by atoms with Gasteiger partial charge in [0.05, 0.1) is 13.2 Å². The zero-order valence-corrected chi connectivity index (χ0v) is 8.82. The summed E-state index contributed by atoms with van der Waals surface area (Å²) in [5, 5.41) is 27.2. The molecule has 0 radical (unpaired) electrons. The molecule has 1 atom stereocenters. The highest BCUT2D eigenvalue weighted by Crippen LogP contribution is 2.22. The Hall–Kier alpha value is -0.160. The van der Waals surface area contributed by atoms with Crippen molar-refractivity contribution in [2.75, 3.05) is 39.5 Å². The third kappa shape index (κ3) is 2.92. The lowest BCUT2D eigenvalue weighted by atomic mass is 9.92. The maximum atomic E-state index is 9.13. The second kappa shape index (κ2) is 5.07. The maximum Gasteiger partial charge on any atom is 0.0519 e. The van der Waals surface area contributed by atoms with Crippen LogP contribution in [0.5, 0.6) is 0 Å². The van der Waals surface area contributed by atoms with E-state index in [2.05, 4.69) is 4.90 Å². The third-order valence-electron chi connectivity index (χ3n) is 3.00. The van der Waals surface area contributed by atoms with Crippen molar-refractivity contribution < 1.29 is 15.3 Å². The SMILES string of the molecule is CC(CO)(CO)CN1CCC(CO)C1. The molecule has 0 aromatic heterocycles. The normalized spacial score (nSPS) is 24.4. The Morgan fingerprint density at radius 1 is 1.29 bits per heavy atom. The molecule has 0 saturated carbocycles. The quantitative estimate of drug-likeness (QED) is 0.552. The molecule has 0 aromatic carbocycles. The molecular weight excluding hydrogens is 182 g/mol. The van der Waals surface area contributed by atoms with Gasteiger partial charge in [-0.15, -0.1) is 0 Å². The number of nitrogens with zero attached hydrogens (tertiary/aromatic N) is 1. The van der Waals surface area contributed by atoms with Crippen LogP contribution in [0.2, 0.25) is 0 Å². The Morgan fingerprint density at radius 3 is 2.36 bits per heavy atom. The molecule has 0 aliphatic carbocycles. The van der Waals surface area contributed by atoms with Crippen LogP contribution < -0.4 is 0 Å². The predicted molar refractivity (Wildman–Crippen MR) is 53.9 cm³/mol. The van der Waals surface area contributed by atoms with Gasteiger partial charge in [0.1, 0.15) is 0 Å². The Labute approximate surface area is 85.2 Å². The highest BCUT2D eigenvalue weighted by Gasteiger charge is 2.29. The van der Waals surface area contributed by atoms with Crippen molar-refractivity contribution in [2.24, 2.45) is 11.3 Å². The first kappa shape index (κ1) is 11.9. The van der Waals surface area contributed by atoms with E-state index in [1.807, 2.05) is 6.92 Å². The zero-order valence-electron chi connectivity index (χ0n) is 8.82. The third-order valence-corrected chi connectivity index (χ3v) is 3.00. The van der Waals surface area contributed by atoms with Crippen molar-refractivity contribution in [3.63, 3.8) is 0 Å². The van der Waals surface area contributed by atoms with Gasteiger partial charge in [-0.1, -0.05) is 6.92 Å². The molecule has 1 saturated heterocycles. The first-order chi connectivity index (χ1) is 6.63. The van der Waals surface area contributed by atoms with Gasteiger partial charge in [0.2, 0.25) is 0 Å². The number of hydrogen-bond acceptors (Lipinski definition) is 4. The van der Waals surface area contributed by atoms with E-state index in [1.165, 1.54) is 0 Å². The van der Waals surface area contributed by atoms with E-state index in [0.29, 0.717) is 12.5 Å². The van der Waals surface area contributed by atoms with Gasteiger partial charge in [0.15, 0.2) is 0 Å². The average Bonchev–Trinajstić information content (AvgIpc) is 2.65. The first-order valence-corrected chi connectivity index (χ1v) is 5.18. The number of aliphatic hydroxyl groups is 3. The van der Waals surface area contributed by atoms with Gasteiger partial charge < -0.3 is 20.2 Å². The Kier molecular flexibility index (Phi) is 4.31. The summed E-state index contributed by atoms with van der Waals surface area (Å²) in [6.45, 7) is 4.67. The van der Waals surface area contributed by atoms with Crippen LogP contribution in [0.15, 0.2) is 0 Å². The van der Waals surface area contributed by atoms with E-state index in [0.717, 1.165) is 19.5 Å². The van der Waals surface area contributed by atoms with Crippen LogP contribution in [0.4, 0.5) is 0 Å². The van der Waals surface area contributed by atoms with Gasteiger partial charge in [-0.2, -0.15) is 0 Å². The molecule has 4 nitrogen and oxygen atoms in total. The highest BCUT2D eigenvalue weighted by atomic mass is 16.3. The van der Waals surface area contributed by atoms with Crippen molar-refractivity contribution in [2.45, 2.75) is 13.3 Å². The Morgan fingerprint density at radius 2 is 1.93 bits per heavy atom. The average molecular weight is 203 g/mol. The molecule has 1 rings (SSSR count). The fourth-order valence-corrected chi connectivity index (χ4v) is 1.90. The summed E-state index contributed by atoms with van der Waals surface area (Å²) >= 11 is 0. The molecule has 1 fully saturated rings. The van der Waals surface area contributed by atoms with Crippen LogP contribution >= 0.6 is 0 Å². The van der Waals surface area contributed by atoms with Gasteiger partial charge >= 0.3 is 0 Å². The number of rotatable bonds is 5. The Bertz CT molecular complexity index is 171. The minimum absolute atomic E-state index is 0.00376. The molecule has 1 aliphatic rings. The fraction of sp³-hybridized carbons (Fsp3) is 1.00. The summed E-state index contributed by atoms with van der Waals surface area (Å²) < 4.78 is 0. The van der Waals surface area contributed by atoms with Crippen molar-refractivity contribution >= 4 is 0 Å². The summed E-state index contributed by atoms with van der Waals surface area (Å²) in [6.07, 6.45) is 1.02.